The molecule has 2 aliphatic heterocycles. The van der Waals surface area contributed by atoms with Crippen molar-refractivity contribution in [3.8, 4) is 33.4 Å². The smallest absolute Gasteiger partial charge is 0.0735 e. The average molecular weight is 863 g/mol. The Hall–Kier alpha value is -6.11. The highest BCUT2D eigenvalue weighted by Gasteiger charge is 2.61. The van der Waals surface area contributed by atoms with E-state index < -0.39 is 5.41 Å². The zero-order valence-electron chi connectivity index (χ0n) is 39.8. The first kappa shape index (κ1) is 41.1. The molecule has 8 aromatic carbocycles. The predicted molar refractivity (Wildman–Crippen MR) is 286 cm³/mol. The minimum atomic E-state index is -0.458. The Morgan fingerprint density at radius 3 is 1.07 bits per heavy atom. The quantitative estimate of drug-likeness (QED) is 0.146. The van der Waals surface area contributed by atoms with Gasteiger partial charge >= 0.3 is 0 Å². The van der Waals surface area contributed by atoms with Crippen LogP contribution in [0.1, 0.15) is 112 Å². The standard InChI is InChI=1S/C65H60B2/c1-61-37-17-19-39-63(61,3)66(51-25-13-7-14-26-51)59-35-31-47(43-57(59)61)45-29-33-55-53(41-45)54-42-46(30-34-56(54)65(55,49-21-9-5-10-22-49)50-23-11-6-12-24-50)48-32-36-60-58(44-48)62(2)38-18-20-40-64(62,4)67(60)52-27-15-8-16-28-52/h5-16,21-36,41-44H,17-20,37-40H2,1-4H3. The highest BCUT2D eigenvalue weighted by molar-refractivity contribution is 6.90. The summed E-state index contributed by atoms with van der Waals surface area (Å²) >= 11 is 0. The van der Waals surface area contributed by atoms with Crippen molar-refractivity contribution in [1.82, 2.24) is 0 Å². The molecule has 0 amide bonds. The second-order valence-corrected chi connectivity index (χ2v) is 22.2. The van der Waals surface area contributed by atoms with Crippen LogP contribution in [0.2, 0.25) is 10.6 Å². The number of benzene rings is 8. The van der Waals surface area contributed by atoms with Crippen molar-refractivity contribution in [2.75, 3.05) is 0 Å². The summed E-state index contributed by atoms with van der Waals surface area (Å²) in [6.45, 7) is 11.2. The molecule has 4 unspecified atom stereocenters. The minimum Gasteiger partial charge on any atom is -0.0735 e. The lowest BCUT2D eigenvalue weighted by Gasteiger charge is -2.48. The van der Waals surface area contributed by atoms with Gasteiger partial charge in [-0.05, 0) is 113 Å². The van der Waals surface area contributed by atoms with E-state index in [1.807, 2.05) is 0 Å². The molecular formula is C65H60B2. The molecule has 2 heterocycles. The molecule has 0 spiro atoms. The molecule has 0 aromatic heterocycles. The van der Waals surface area contributed by atoms with Gasteiger partial charge in [0.25, 0.3) is 0 Å². The van der Waals surface area contributed by atoms with Crippen LogP contribution in [0.3, 0.4) is 0 Å². The fraction of sp³-hybridized carbons (Fsp3) is 0.262. The van der Waals surface area contributed by atoms with E-state index in [2.05, 4.69) is 222 Å². The fourth-order valence-electron chi connectivity index (χ4n) is 15.7. The van der Waals surface area contributed by atoms with Crippen LogP contribution in [-0.4, -0.2) is 13.4 Å². The molecule has 2 saturated carbocycles. The van der Waals surface area contributed by atoms with Gasteiger partial charge in [0, 0.05) is 0 Å². The van der Waals surface area contributed by atoms with E-state index in [1.165, 1.54) is 129 Å². The third-order valence-electron chi connectivity index (χ3n) is 19.4. The molecule has 0 N–H and O–H groups in total. The van der Waals surface area contributed by atoms with Crippen LogP contribution in [0.4, 0.5) is 0 Å². The summed E-state index contributed by atoms with van der Waals surface area (Å²) in [6, 6.07) is 75.5. The van der Waals surface area contributed by atoms with E-state index >= 15 is 0 Å². The van der Waals surface area contributed by atoms with Crippen LogP contribution >= 0.6 is 0 Å². The summed E-state index contributed by atoms with van der Waals surface area (Å²) in [5.41, 5.74) is 22.2. The third-order valence-corrected chi connectivity index (χ3v) is 19.4. The van der Waals surface area contributed by atoms with Crippen molar-refractivity contribution in [2.24, 2.45) is 0 Å². The van der Waals surface area contributed by atoms with Crippen molar-refractivity contribution in [1.29, 1.82) is 0 Å². The van der Waals surface area contributed by atoms with Crippen molar-refractivity contribution in [2.45, 2.75) is 106 Å². The molecule has 0 bridgehead atoms. The predicted octanol–water partition coefficient (Wildman–Crippen LogP) is 13.8. The van der Waals surface area contributed by atoms with Crippen molar-refractivity contribution in [3.63, 3.8) is 0 Å². The van der Waals surface area contributed by atoms with Gasteiger partial charge in [0.2, 0.25) is 13.4 Å². The Morgan fingerprint density at radius 2 is 0.672 bits per heavy atom. The molecule has 2 fully saturated rings. The molecule has 2 heteroatoms. The van der Waals surface area contributed by atoms with E-state index in [0.29, 0.717) is 13.4 Å². The molecule has 4 atom stereocenters. The van der Waals surface area contributed by atoms with Gasteiger partial charge in [0.1, 0.15) is 0 Å². The molecule has 0 radical (unpaired) electrons. The van der Waals surface area contributed by atoms with Gasteiger partial charge in [0.15, 0.2) is 0 Å². The lowest BCUT2D eigenvalue weighted by Crippen LogP contribution is -2.51. The number of hydrogen-bond acceptors (Lipinski definition) is 0. The van der Waals surface area contributed by atoms with Gasteiger partial charge in [-0.15, -0.1) is 0 Å². The van der Waals surface area contributed by atoms with Crippen molar-refractivity contribution < 1.29 is 0 Å². The third kappa shape index (κ3) is 5.57. The SMILES string of the molecule is CC12CCCCC1(C)c1cc(-c3ccc4c(c3)-c3cc(-c5ccc6c(c5)C5(C)CCCCC5(C)B6c5ccccc5)ccc3C4(c3ccccc3)c3ccccc3)ccc1B2c1ccccc1. The minimum absolute atomic E-state index is 0.119. The monoisotopic (exact) mass is 862 g/mol. The molecule has 0 saturated heterocycles. The molecule has 0 nitrogen and oxygen atoms in total. The van der Waals surface area contributed by atoms with E-state index in [1.54, 1.807) is 11.1 Å². The Bertz CT molecular complexity index is 2990. The van der Waals surface area contributed by atoms with Gasteiger partial charge in [-0.1, -0.05) is 270 Å². The van der Waals surface area contributed by atoms with Gasteiger partial charge in [-0.25, -0.2) is 0 Å². The van der Waals surface area contributed by atoms with Crippen molar-refractivity contribution >= 4 is 35.3 Å². The normalized spacial score (nSPS) is 25.1. The van der Waals surface area contributed by atoms with Gasteiger partial charge < -0.3 is 0 Å². The molecule has 67 heavy (non-hydrogen) atoms. The number of hydrogen-bond donors (Lipinski definition) is 0. The van der Waals surface area contributed by atoms with Crippen LogP contribution < -0.4 is 21.9 Å². The van der Waals surface area contributed by atoms with Crippen LogP contribution in [-0.2, 0) is 16.2 Å². The summed E-state index contributed by atoms with van der Waals surface area (Å²) in [5.74, 6) is 0. The van der Waals surface area contributed by atoms with E-state index in [9.17, 15) is 0 Å². The highest BCUT2D eigenvalue weighted by Crippen LogP contribution is 2.64. The summed E-state index contributed by atoms with van der Waals surface area (Å²) < 4.78 is 0. The second kappa shape index (κ2) is 14.9. The molecule has 5 aliphatic rings. The Morgan fingerprint density at radius 1 is 0.328 bits per heavy atom. The summed E-state index contributed by atoms with van der Waals surface area (Å²) in [5, 5.41) is 0.359. The van der Waals surface area contributed by atoms with Crippen LogP contribution in [0.25, 0.3) is 33.4 Å². The van der Waals surface area contributed by atoms with E-state index in [0.717, 1.165) is 0 Å². The Balaban J connectivity index is 0.996. The Kier molecular flexibility index (Phi) is 9.17. The van der Waals surface area contributed by atoms with Crippen LogP contribution in [0.15, 0.2) is 194 Å². The van der Waals surface area contributed by atoms with E-state index in [4.69, 9.17) is 0 Å². The largest absolute Gasteiger partial charge is 0.216 e. The Labute approximate surface area is 400 Å². The van der Waals surface area contributed by atoms with Crippen LogP contribution in [0.5, 0.6) is 0 Å². The molecule has 8 aromatic rings. The maximum atomic E-state index is 2.62. The lowest BCUT2D eigenvalue weighted by atomic mass is 9.26. The first-order valence-electron chi connectivity index (χ1n) is 25.5. The molecular weight excluding hydrogens is 802 g/mol. The zero-order valence-corrected chi connectivity index (χ0v) is 39.8. The summed E-state index contributed by atoms with van der Waals surface area (Å²) in [7, 11) is 0. The molecule has 326 valence electrons. The fourth-order valence-corrected chi connectivity index (χ4v) is 15.7. The highest BCUT2D eigenvalue weighted by atomic mass is 14.5. The topological polar surface area (TPSA) is 0 Å². The van der Waals surface area contributed by atoms with Gasteiger partial charge in [-0.3, -0.25) is 0 Å². The maximum Gasteiger partial charge on any atom is 0.216 e. The summed E-state index contributed by atoms with van der Waals surface area (Å²) in [4.78, 5) is 0. The number of rotatable bonds is 6. The second-order valence-electron chi connectivity index (χ2n) is 22.2. The number of fused-ring (bicyclic) bond motifs is 9. The molecule has 3 aliphatic carbocycles. The van der Waals surface area contributed by atoms with Gasteiger partial charge in [-0.2, -0.15) is 0 Å². The lowest BCUT2D eigenvalue weighted by molar-refractivity contribution is 0.243. The van der Waals surface area contributed by atoms with Crippen molar-refractivity contribution in [3.05, 3.63) is 228 Å². The van der Waals surface area contributed by atoms with Gasteiger partial charge in [0.05, 0.1) is 5.41 Å². The summed E-state index contributed by atoms with van der Waals surface area (Å²) in [6.07, 6.45) is 10.2. The maximum absolute atomic E-state index is 2.62. The molecule has 13 rings (SSSR count). The van der Waals surface area contributed by atoms with Crippen LogP contribution in [0, 0.1) is 0 Å². The first-order chi connectivity index (χ1) is 32.7. The van der Waals surface area contributed by atoms with E-state index in [-0.39, 0.29) is 21.5 Å². The zero-order chi connectivity index (χ0) is 45.2. The first-order valence-corrected chi connectivity index (χ1v) is 25.5. The average Bonchev–Trinajstić information content (AvgIpc) is 3.87.